The summed E-state index contributed by atoms with van der Waals surface area (Å²) in [6.07, 6.45) is 4.80. The number of allylic oxidation sites excluding steroid dienone is 1. The van der Waals surface area contributed by atoms with E-state index in [4.69, 9.17) is 4.74 Å². The lowest BCUT2D eigenvalue weighted by Crippen LogP contribution is -2.12. The van der Waals surface area contributed by atoms with Gasteiger partial charge in [0.1, 0.15) is 5.75 Å². The Hall–Kier alpha value is -2.10. The van der Waals surface area contributed by atoms with Crippen LogP contribution in [-0.2, 0) is 20.7 Å². The van der Waals surface area contributed by atoms with Gasteiger partial charge in [0.15, 0.2) is 0 Å². The second-order valence-corrected chi connectivity index (χ2v) is 4.24. The van der Waals surface area contributed by atoms with Crippen LogP contribution >= 0.6 is 0 Å². The highest BCUT2D eigenvalue weighted by molar-refractivity contribution is 5.92. The molecular formula is C16H20O4. The Balaban J connectivity index is 2.43. The predicted molar refractivity (Wildman–Crippen MR) is 76.5 cm³/mol. The number of unbranched alkanes of at least 4 members (excludes halogenated alkanes) is 1. The lowest BCUT2D eigenvalue weighted by atomic mass is 10.1. The normalized spacial score (nSPS) is 10.5. The summed E-state index contributed by atoms with van der Waals surface area (Å²) in [6.45, 7) is 4.51. The molecule has 0 fully saturated rings. The number of hydrogen-bond acceptors (Lipinski definition) is 4. The summed E-state index contributed by atoms with van der Waals surface area (Å²) < 4.78 is 9.99. The van der Waals surface area contributed by atoms with Crippen molar-refractivity contribution in [3.8, 4) is 5.75 Å². The minimum atomic E-state index is -0.616. The van der Waals surface area contributed by atoms with E-state index < -0.39 is 11.9 Å². The van der Waals surface area contributed by atoms with Gasteiger partial charge in [0.2, 0.25) is 0 Å². The van der Waals surface area contributed by atoms with Crippen molar-refractivity contribution in [2.45, 2.75) is 33.1 Å². The van der Waals surface area contributed by atoms with Gasteiger partial charge in [-0.15, -0.1) is 0 Å². The van der Waals surface area contributed by atoms with Gasteiger partial charge in [-0.3, -0.25) is 4.79 Å². The molecule has 0 aliphatic carbocycles. The molecule has 4 heteroatoms. The number of esters is 2. The lowest BCUT2D eigenvalue weighted by molar-refractivity contribution is -0.155. The molecule has 0 unspecified atom stereocenters. The standard InChI is InChI=1S/C16H20O4/c1-3-5-6-7-15(17)20-16(18)12-13-8-10-14(11-9-13)19-4-2/h6-11H,3-5,12H2,1-2H3. The molecule has 0 N–H and O–H groups in total. The summed E-state index contributed by atoms with van der Waals surface area (Å²) in [5.41, 5.74) is 0.781. The molecule has 108 valence electrons. The summed E-state index contributed by atoms with van der Waals surface area (Å²) in [5, 5.41) is 0. The molecule has 20 heavy (non-hydrogen) atoms. The lowest BCUT2D eigenvalue weighted by Gasteiger charge is -2.04. The van der Waals surface area contributed by atoms with Crippen LogP contribution < -0.4 is 4.74 Å². The van der Waals surface area contributed by atoms with Crippen molar-refractivity contribution >= 4 is 11.9 Å². The van der Waals surface area contributed by atoms with E-state index in [0.717, 1.165) is 24.2 Å². The third kappa shape index (κ3) is 6.18. The number of carbonyl (C=O) groups excluding carboxylic acids is 2. The highest BCUT2D eigenvalue weighted by Crippen LogP contribution is 2.12. The van der Waals surface area contributed by atoms with E-state index in [1.54, 1.807) is 30.3 Å². The molecule has 1 aromatic carbocycles. The van der Waals surface area contributed by atoms with Gasteiger partial charge >= 0.3 is 11.9 Å². The van der Waals surface area contributed by atoms with E-state index in [-0.39, 0.29) is 6.42 Å². The molecule has 0 aliphatic rings. The fourth-order valence-electron chi connectivity index (χ4n) is 1.57. The molecule has 0 aliphatic heterocycles. The van der Waals surface area contributed by atoms with Crippen LogP contribution in [0.2, 0.25) is 0 Å². The van der Waals surface area contributed by atoms with E-state index in [1.807, 2.05) is 13.8 Å². The van der Waals surface area contributed by atoms with Gasteiger partial charge in [0.25, 0.3) is 0 Å². The highest BCUT2D eigenvalue weighted by Gasteiger charge is 2.08. The van der Waals surface area contributed by atoms with Gasteiger partial charge in [-0.05, 0) is 31.0 Å². The molecule has 0 bridgehead atoms. The molecule has 0 saturated heterocycles. The topological polar surface area (TPSA) is 52.6 Å². The third-order valence-electron chi connectivity index (χ3n) is 2.51. The number of hydrogen-bond donors (Lipinski definition) is 0. The van der Waals surface area contributed by atoms with Crippen molar-refractivity contribution in [2.75, 3.05) is 6.61 Å². The molecule has 0 saturated carbocycles. The van der Waals surface area contributed by atoms with Crippen molar-refractivity contribution in [3.63, 3.8) is 0 Å². The number of benzene rings is 1. The highest BCUT2D eigenvalue weighted by atomic mass is 16.6. The number of rotatable bonds is 7. The first-order valence-electron chi connectivity index (χ1n) is 6.78. The van der Waals surface area contributed by atoms with Crippen LogP contribution in [0, 0.1) is 0 Å². The van der Waals surface area contributed by atoms with Crippen LogP contribution in [0.4, 0.5) is 0 Å². The van der Waals surface area contributed by atoms with Crippen molar-refractivity contribution in [3.05, 3.63) is 42.0 Å². The molecule has 0 spiro atoms. The predicted octanol–water partition coefficient (Wildman–Crippen LogP) is 3.05. The molecule has 0 aromatic heterocycles. The van der Waals surface area contributed by atoms with Gasteiger partial charge in [-0.2, -0.15) is 0 Å². The average molecular weight is 276 g/mol. The molecule has 0 heterocycles. The van der Waals surface area contributed by atoms with Gasteiger partial charge in [-0.1, -0.05) is 31.6 Å². The van der Waals surface area contributed by atoms with Crippen LogP contribution in [0.1, 0.15) is 32.3 Å². The second kappa shape index (κ2) is 8.91. The fraction of sp³-hybridized carbons (Fsp3) is 0.375. The number of ether oxygens (including phenoxy) is 2. The Morgan fingerprint density at radius 3 is 2.45 bits per heavy atom. The van der Waals surface area contributed by atoms with Crippen LogP contribution in [0.25, 0.3) is 0 Å². The van der Waals surface area contributed by atoms with E-state index in [2.05, 4.69) is 4.74 Å². The van der Waals surface area contributed by atoms with Gasteiger partial charge in [-0.25, -0.2) is 4.79 Å². The SMILES string of the molecule is CCCC=CC(=O)OC(=O)Cc1ccc(OCC)cc1. The molecule has 0 amide bonds. The van der Waals surface area contributed by atoms with Crippen LogP contribution in [0.5, 0.6) is 5.75 Å². The maximum atomic E-state index is 11.6. The molecular weight excluding hydrogens is 256 g/mol. The van der Waals surface area contributed by atoms with E-state index in [9.17, 15) is 9.59 Å². The summed E-state index contributed by atoms with van der Waals surface area (Å²) in [6, 6.07) is 7.14. The minimum Gasteiger partial charge on any atom is -0.494 e. The Morgan fingerprint density at radius 2 is 1.85 bits per heavy atom. The molecule has 0 radical (unpaired) electrons. The third-order valence-corrected chi connectivity index (χ3v) is 2.51. The van der Waals surface area contributed by atoms with Crippen molar-refractivity contribution < 1.29 is 19.1 Å². The molecule has 1 rings (SSSR count). The first-order chi connectivity index (χ1) is 9.65. The van der Waals surface area contributed by atoms with Crippen LogP contribution in [0.3, 0.4) is 0 Å². The minimum absolute atomic E-state index is 0.0692. The largest absolute Gasteiger partial charge is 0.494 e. The van der Waals surface area contributed by atoms with Gasteiger partial charge in [0, 0.05) is 6.08 Å². The quantitative estimate of drug-likeness (QED) is 0.436. The zero-order valence-corrected chi connectivity index (χ0v) is 11.9. The van der Waals surface area contributed by atoms with Crippen molar-refractivity contribution in [1.29, 1.82) is 0 Å². The average Bonchev–Trinajstić information content (AvgIpc) is 2.41. The van der Waals surface area contributed by atoms with Gasteiger partial charge < -0.3 is 9.47 Å². The second-order valence-electron chi connectivity index (χ2n) is 4.24. The smallest absolute Gasteiger partial charge is 0.338 e. The number of carbonyl (C=O) groups is 2. The first kappa shape index (κ1) is 16.0. The summed E-state index contributed by atoms with van der Waals surface area (Å²) >= 11 is 0. The van der Waals surface area contributed by atoms with Crippen LogP contribution in [0.15, 0.2) is 36.4 Å². The van der Waals surface area contributed by atoms with Crippen molar-refractivity contribution in [1.82, 2.24) is 0 Å². The van der Waals surface area contributed by atoms with E-state index >= 15 is 0 Å². The molecule has 1 aromatic rings. The van der Waals surface area contributed by atoms with Crippen molar-refractivity contribution in [2.24, 2.45) is 0 Å². The van der Waals surface area contributed by atoms with Gasteiger partial charge in [0.05, 0.1) is 13.0 Å². The van der Waals surface area contributed by atoms with Crippen LogP contribution in [-0.4, -0.2) is 18.5 Å². The molecule has 4 nitrogen and oxygen atoms in total. The van der Waals surface area contributed by atoms with E-state index in [0.29, 0.717) is 6.61 Å². The fourth-order valence-corrected chi connectivity index (χ4v) is 1.57. The maximum absolute atomic E-state index is 11.6. The van der Waals surface area contributed by atoms with E-state index in [1.165, 1.54) is 6.08 Å². The summed E-state index contributed by atoms with van der Waals surface area (Å²) in [7, 11) is 0. The Bertz CT molecular complexity index is 460. The summed E-state index contributed by atoms with van der Waals surface area (Å²) in [5.74, 6) is -0.419. The Labute approximate surface area is 119 Å². The Kier molecular flexibility index (Phi) is 7.11. The molecule has 0 atom stereocenters. The zero-order chi connectivity index (χ0) is 14.8. The first-order valence-corrected chi connectivity index (χ1v) is 6.78. The Morgan fingerprint density at radius 1 is 1.15 bits per heavy atom. The monoisotopic (exact) mass is 276 g/mol. The summed E-state index contributed by atoms with van der Waals surface area (Å²) in [4.78, 5) is 22.9. The maximum Gasteiger partial charge on any atom is 0.338 e. The zero-order valence-electron chi connectivity index (χ0n) is 11.9.